The minimum Gasteiger partial charge on any atom is -0.316 e. The third kappa shape index (κ3) is 4.81. The molecule has 104 valence electrons. The molecule has 1 rings (SSSR count). The van der Waals surface area contributed by atoms with Crippen LogP contribution >= 0.6 is 28.3 Å². The second kappa shape index (κ2) is 7.40. The van der Waals surface area contributed by atoms with Gasteiger partial charge >= 0.3 is 0 Å². The highest BCUT2D eigenvalue weighted by molar-refractivity contribution is 9.10. The van der Waals surface area contributed by atoms with Crippen LogP contribution in [0.25, 0.3) is 0 Å². The van der Waals surface area contributed by atoms with Gasteiger partial charge in [0.05, 0.1) is 9.37 Å². The van der Waals surface area contributed by atoms with Crippen LogP contribution in [0.3, 0.4) is 0 Å². The van der Waals surface area contributed by atoms with Crippen molar-refractivity contribution in [3.05, 3.63) is 28.5 Å². The first-order chi connectivity index (χ1) is 7.86. The Balaban J connectivity index is 0.00000289. The lowest BCUT2D eigenvalue weighted by Gasteiger charge is -2.12. The Bertz CT molecular complexity index is 499. The zero-order chi connectivity index (χ0) is 13.1. The minimum atomic E-state index is -3.59. The summed E-state index contributed by atoms with van der Waals surface area (Å²) in [6.45, 7) is 2.12. The molecule has 0 aromatic heterocycles. The minimum absolute atomic E-state index is 0. The van der Waals surface area contributed by atoms with Crippen LogP contribution in [0.5, 0.6) is 0 Å². The molecule has 0 aliphatic carbocycles. The predicted octanol–water partition coefficient (Wildman–Crippen LogP) is 1.90. The Morgan fingerprint density at radius 2 is 2.06 bits per heavy atom. The van der Waals surface area contributed by atoms with Gasteiger partial charge in [0.2, 0.25) is 10.0 Å². The lowest BCUT2D eigenvalue weighted by atomic mass is 10.3. The molecule has 0 amide bonds. The molecule has 1 atom stereocenters. The van der Waals surface area contributed by atoms with Crippen molar-refractivity contribution < 1.29 is 12.8 Å². The van der Waals surface area contributed by atoms with E-state index in [0.717, 1.165) is 6.07 Å². The van der Waals surface area contributed by atoms with Crippen molar-refractivity contribution in [1.82, 2.24) is 10.0 Å². The van der Waals surface area contributed by atoms with E-state index >= 15 is 0 Å². The zero-order valence-electron chi connectivity index (χ0n) is 9.91. The Hall–Kier alpha value is -0.210. The van der Waals surface area contributed by atoms with Crippen LogP contribution in [0.4, 0.5) is 4.39 Å². The second-order valence-corrected chi connectivity index (χ2v) is 6.24. The molecule has 4 nitrogen and oxygen atoms in total. The van der Waals surface area contributed by atoms with Crippen LogP contribution in [-0.2, 0) is 10.0 Å². The van der Waals surface area contributed by atoms with Crippen LogP contribution in [0.2, 0.25) is 0 Å². The summed E-state index contributed by atoms with van der Waals surface area (Å²) in [6.07, 6.45) is 0. The van der Waals surface area contributed by atoms with Gasteiger partial charge in [-0.1, -0.05) is 0 Å². The second-order valence-electron chi connectivity index (χ2n) is 3.62. The molecule has 1 unspecified atom stereocenters. The molecule has 0 fully saturated rings. The maximum absolute atomic E-state index is 13.0. The summed E-state index contributed by atoms with van der Waals surface area (Å²) in [4.78, 5) is 0.0362. The van der Waals surface area contributed by atoms with Crippen LogP contribution in [0.1, 0.15) is 6.92 Å². The van der Waals surface area contributed by atoms with E-state index in [1.807, 2.05) is 6.92 Å². The quantitative estimate of drug-likeness (QED) is 0.842. The van der Waals surface area contributed by atoms with Crippen molar-refractivity contribution in [3.63, 3.8) is 0 Å². The van der Waals surface area contributed by atoms with E-state index in [9.17, 15) is 12.8 Å². The number of likely N-dealkylation sites (N-methyl/N-ethyl adjacent to an activating group) is 1. The zero-order valence-corrected chi connectivity index (χ0v) is 13.1. The number of sulfonamides is 1. The average molecular weight is 362 g/mol. The summed E-state index contributed by atoms with van der Waals surface area (Å²) in [5.74, 6) is -0.493. The smallest absolute Gasteiger partial charge is 0.240 e. The van der Waals surface area contributed by atoms with Crippen molar-refractivity contribution >= 4 is 38.4 Å². The van der Waals surface area contributed by atoms with Crippen LogP contribution in [-0.4, -0.2) is 28.1 Å². The first kappa shape index (κ1) is 17.8. The Kier molecular flexibility index (Phi) is 7.31. The van der Waals surface area contributed by atoms with E-state index in [1.54, 1.807) is 7.05 Å². The first-order valence-corrected chi connectivity index (χ1v) is 7.26. The van der Waals surface area contributed by atoms with Crippen molar-refractivity contribution in [2.45, 2.75) is 17.9 Å². The maximum atomic E-state index is 13.0. The fraction of sp³-hybridized carbons (Fsp3) is 0.400. The summed E-state index contributed by atoms with van der Waals surface area (Å²) >= 11 is 2.95. The summed E-state index contributed by atoms with van der Waals surface area (Å²) in [5, 5.41) is 2.91. The monoisotopic (exact) mass is 360 g/mol. The van der Waals surface area contributed by atoms with Crippen molar-refractivity contribution in [1.29, 1.82) is 0 Å². The van der Waals surface area contributed by atoms with Gasteiger partial charge in [0.15, 0.2) is 0 Å². The molecule has 0 aliphatic rings. The largest absolute Gasteiger partial charge is 0.316 e. The normalized spacial score (nSPS) is 12.9. The van der Waals surface area contributed by atoms with Gasteiger partial charge in [-0.15, -0.1) is 12.4 Å². The lowest BCUT2D eigenvalue weighted by Crippen LogP contribution is -2.37. The van der Waals surface area contributed by atoms with Gasteiger partial charge in [-0.2, -0.15) is 0 Å². The van der Waals surface area contributed by atoms with Gasteiger partial charge in [-0.3, -0.25) is 0 Å². The van der Waals surface area contributed by atoms with E-state index in [-0.39, 0.29) is 34.4 Å². The standard InChI is InChI=1S/C10H14BrFN2O2S.ClH/c1-7(13-2)6-14-17(15,16)8-3-4-10(12)9(11)5-8;/h3-5,7,13-14H,6H2,1-2H3;1H. The van der Waals surface area contributed by atoms with E-state index in [2.05, 4.69) is 26.0 Å². The van der Waals surface area contributed by atoms with E-state index < -0.39 is 15.8 Å². The van der Waals surface area contributed by atoms with Crippen LogP contribution in [0.15, 0.2) is 27.6 Å². The van der Waals surface area contributed by atoms with Gasteiger partial charge in [-0.05, 0) is 48.1 Å². The first-order valence-electron chi connectivity index (χ1n) is 4.99. The predicted molar refractivity (Wildman–Crippen MR) is 75.1 cm³/mol. The van der Waals surface area contributed by atoms with E-state index in [0.29, 0.717) is 0 Å². The van der Waals surface area contributed by atoms with Crippen LogP contribution in [0, 0.1) is 5.82 Å². The number of hydrogen-bond acceptors (Lipinski definition) is 3. The van der Waals surface area contributed by atoms with Crippen molar-refractivity contribution in [2.75, 3.05) is 13.6 Å². The number of halogens is 3. The van der Waals surface area contributed by atoms with Gasteiger partial charge in [0.1, 0.15) is 5.82 Å². The molecule has 0 aliphatic heterocycles. The fourth-order valence-corrected chi connectivity index (χ4v) is 2.75. The Morgan fingerprint density at radius 1 is 1.44 bits per heavy atom. The SMILES string of the molecule is CNC(C)CNS(=O)(=O)c1ccc(F)c(Br)c1.Cl. The molecule has 0 bridgehead atoms. The molecule has 1 aromatic carbocycles. The number of hydrogen-bond donors (Lipinski definition) is 2. The van der Waals surface area contributed by atoms with Gasteiger partial charge in [0.25, 0.3) is 0 Å². The van der Waals surface area contributed by atoms with Crippen LogP contribution < -0.4 is 10.0 Å². The fourth-order valence-electron chi connectivity index (χ4n) is 1.06. The van der Waals surface area contributed by atoms with Crippen molar-refractivity contribution in [3.8, 4) is 0 Å². The Morgan fingerprint density at radius 3 is 2.56 bits per heavy atom. The molecule has 0 saturated carbocycles. The highest BCUT2D eigenvalue weighted by Crippen LogP contribution is 2.19. The summed E-state index contributed by atoms with van der Waals surface area (Å²) in [6, 6.07) is 3.60. The molecule has 18 heavy (non-hydrogen) atoms. The summed E-state index contributed by atoms with van der Waals surface area (Å²) in [7, 11) is -1.85. The van der Waals surface area contributed by atoms with Gasteiger partial charge in [0, 0.05) is 12.6 Å². The molecule has 8 heteroatoms. The number of nitrogens with one attached hydrogen (secondary N) is 2. The van der Waals surface area contributed by atoms with Gasteiger partial charge in [-0.25, -0.2) is 17.5 Å². The third-order valence-electron chi connectivity index (χ3n) is 2.27. The molecule has 1 aromatic rings. The number of rotatable bonds is 5. The van der Waals surface area contributed by atoms with E-state index in [1.165, 1.54) is 12.1 Å². The number of benzene rings is 1. The molecule has 0 spiro atoms. The Labute approximate surface area is 121 Å². The molecular weight excluding hydrogens is 347 g/mol. The molecule has 2 N–H and O–H groups in total. The van der Waals surface area contributed by atoms with Crippen molar-refractivity contribution in [2.24, 2.45) is 0 Å². The molecule has 0 heterocycles. The summed E-state index contributed by atoms with van der Waals surface area (Å²) in [5.41, 5.74) is 0. The maximum Gasteiger partial charge on any atom is 0.240 e. The topological polar surface area (TPSA) is 58.2 Å². The summed E-state index contributed by atoms with van der Waals surface area (Å²) < 4.78 is 39.2. The van der Waals surface area contributed by atoms with E-state index in [4.69, 9.17) is 0 Å². The molecule has 0 saturated heterocycles. The highest BCUT2D eigenvalue weighted by Gasteiger charge is 2.16. The average Bonchev–Trinajstić information content (AvgIpc) is 2.29. The third-order valence-corrected chi connectivity index (χ3v) is 4.30. The lowest BCUT2D eigenvalue weighted by molar-refractivity contribution is 0.553. The molecule has 0 radical (unpaired) electrons. The molecular formula is C10H15BrClFN2O2S. The van der Waals surface area contributed by atoms with Gasteiger partial charge < -0.3 is 5.32 Å². The highest BCUT2D eigenvalue weighted by atomic mass is 79.9.